The first-order valence-corrected chi connectivity index (χ1v) is 6.51. The number of ether oxygens (including phenoxy) is 1. The van der Waals surface area contributed by atoms with E-state index in [2.05, 4.69) is 11.0 Å². The summed E-state index contributed by atoms with van der Waals surface area (Å²) in [6.45, 7) is 2.85. The molecule has 1 aliphatic rings. The summed E-state index contributed by atoms with van der Waals surface area (Å²) in [5.41, 5.74) is -0.540. The first-order valence-electron chi connectivity index (χ1n) is 6.51. The Labute approximate surface area is 104 Å². The summed E-state index contributed by atoms with van der Waals surface area (Å²) in [4.78, 5) is 2.15. The van der Waals surface area contributed by atoms with Crippen LogP contribution >= 0.6 is 0 Å². The fourth-order valence-electron chi connectivity index (χ4n) is 2.48. The van der Waals surface area contributed by atoms with Gasteiger partial charge in [-0.25, -0.2) is 0 Å². The Balaban J connectivity index is 2.42. The van der Waals surface area contributed by atoms with Crippen LogP contribution in [0.15, 0.2) is 0 Å². The molecule has 0 radical (unpaired) electrons. The van der Waals surface area contributed by atoms with Gasteiger partial charge in [0.05, 0.1) is 18.3 Å². The van der Waals surface area contributed by atoms with E-state index in [9.17, 15) is 5.11 Å². The lowest BCUT2D eigenvalue weighted by Crippen LogP contribution is -2.45. The van der Waals surface area contributed by atoms with Crippen molar-refractivity contribution in [1.29, 1.82) is 5.26 Å². The predicted molar refractivity (Wildman–Crippen MR) is 66.6 cm³/mol. The standard InChI is InChI=1S/C13H24N2O2/c1-17-11-10-15(9-5-8-14)12-13(16)6-3-2-4-7-13/h16H,2-7,9-12H2,1H3. The van der Waals surface area contributed by atoms with Crippen molar-refractivity contribution in [3.63, 3.8) is 0 Å². The van der Waals surface area contributed by atoms with E-state index >= 15 is 0 Å². The third kappa shape index (κ3) is 5.49. The third-order valence-electron chi connectivity index (χ3n) is 3.45. The van der Waals surface area contributed by atoms with Crippen LogP contribution in [0.5, 0.6) is 0 Å². The van der Waals surface area contributed by atoms with Gasteiger partial charge in [0, 0.05) is 33.2 Å². The van der Waals surface area contributed by atoms with Gasteiger partial charge >= 0.3 is 0 Å². The summed E-state index contributed by atoms with van der Waals surface area (Å²) in [6.07, 6.45) is 5.77. The second kappa shape index (κ2) is 7.65. The lowest BCUT2D eigenvalue weighted by atomic mass is 9.84. The highest BCUT2D eigenvalue weighted by molar-refractivity contribution is 4.86. The van der Waals surface area contributed by atoms with Crippen LogP contribution in [0.1, 0.15) is 38.5 Å². The van der Waals surface area contributed by atoms with Gasteiger partial charge in [-0.2, -0.15) is 5.26 Å². The summed E-state index contributed by atoms with van der Waals surface area (Å²) in [5, 5.41) is 19.1. The SMILES string of the molecule is COCCN(CCC#N)CC1(O)CCCCC1. The van der Waals surface area contributed by atoms with Crippen molar-refractivity contribution in [1.82, 2.24) is 4.90 Å². The van der Waals surface area contributed by atoms with E-state index in [0.29, 0.717) is 19.6 Å². The number of hydrogen-bond acceptors (Lipinski definition) is 4. The zero-order valence-corrected chi connectivity index (χ0v) is 10.8. The van der Waals surface area contributed by atoms with Gasteiger partial charge in [0.1, 0.15) is 0 Å². The van der Waals surface area contributed by atoms with Crippen LogP contribution in [0.25, 0.3) is 0 Å². The minimum Gasteiger partial charge on any atom is -0.389 e. The van der Waals surface area contributed by atoms with Gasteiger partial charge in [-0.05, 0) is 12.8 Å². The van der Waals surface area contributed by atoms with Crippen molar-refractivity contribution in [2.24, 2.45) is 0 Å². The monoisotopic (exact) mass is 240 g/mol. The van der Waals surface area contributed by atoms with Crippen molar-refractivity contribution < 1.29 is 9.84 Å². The molecule has 0 unspecified atom stereocenters. The Kier molecular flexibility index (Phi) is 6.49. The van der Waals surface area contributed by atoms with Crippen molar-refractivity contribution in [2.45, 2.75) is 44.1 Å². The number of nitrogens with zero attached hydrogens (tertiary/aromatic N) is 2. The lowest BCUT2D eigenvalue weighted by molar-refractivity contribution is -0.0295. The van der Waals surface area contributed by atoms with Crippen molar-refractivity contribution in [2.75, 3.05) is 33.4 Å². The van der Waals surface area contributed by atoms with E-state index in [4.69, 9.17) is 10.00 Å². The van der Waals surface area contributed by atoms with Gasteiger partial charge in [0.15, 0.2) is 0 Å². The zero-order chi connectivity index (χ0) is 12.6. The minimum atomic E-state index is -0.540. The van der Waals surface area contributed by atoms with E-state index in [1.54, 1.807) is 7.11 Å². The molecule has 0 heterocycles. The Hall–Kier alpha value is -0.630. The maximum Gasteiger partial charge on any atom is 0.0774 e. The maximum atomic E-state index is 10.5. The largest absolute Gasteiger partial charge is 0.389 e. The molecular formula is C13H24N2O2. The molecule has 0 atom stereocenters. The summed E-state index contributed by atoms with van der Waals surface area (Å²) in [7, 11) is 1.68. The van der Waals surface area contributed by atoms with Gasteiger partial charge in [-0.3, -0.25) is 4.90 Å². The molecule has 1 N–H and O–H groups in total. The van der Waals surface area contributed by atoms with Gasteiger partial charge < -0.3 is 9.84 Å². The molecule has 4 nitrogen and oxygen atoms in total. The highest BCUT2D eigenvalue weighted by atomic mass is 16.5. The molecule has 0 saturated heterocycles. The molecule has 98 valence electrons. The fourth-order valence-corrected chi connectivity index (χ4v) is 2.48. The summed E-state index contributed by atoms with van der Waals surface area (Å²) in [5.74, 6) is 0. The molecule has 0 aromatic rings. The predicted octanol–water partition coefficient (Wildman–Crippen LogP) is 1.54. The third-order valence-corrected chi connectivity index (χ3v) is 3.45. The second-order valence-electron chi connectivity index (χ2n) is 4.96. The van der Waals surface area contributed by atoms with E-state index in [1.807, 2.05) is 0 Å². The molecule has 1 saturated carbocycles. The molecular weight excluding hydrogens is 216 g/mol. The smallest absolute Gasteiger partial charge is 0.0774 e. The maximum absolute atomic E-state index is 10.5. The Morgan fingerprint density at radius 1 is 1.29 bits per heavy atom. The quantitative estimate of drug-likeness (QED) is 0.733. The van der Waals surface area contributed by atoms with Crippen molar-refractivity contribution in [3.8, 4) is 6.07 Å². The number of nitriles is 1. The average molecular weight is 240 g/mol. The van der Waals surface area contributed by atoms with Crippen molar-refractivity contribution >= 4 is 0 Å². The molecule has 0 aliphatic heterocycles. The molecule has 0 amide bonds. The van der Waals surface area contributed by atoms with Crippen LogP contribution in [-0.4, -0.2) is 49.0 Å². The first-order chi connectivity index (χ1) is 8.20. The highest BCUT2D eigenvalue weighted by Gasteiger charge is 2.30. The average Bonchev–Trinajstić information content (AvgIpc) is 2.33. The van der Waals surface area contributed by atoms with Crippen molar-refractivity contribution in [3.05, 3.63) is 0 Å². The summed E-state index contributed by atoms with van der Waals surface area (Å²) >= 11 is 0. The second-order valence-corrected chi connectivity index (χ2v) is 4.96. The van der Waals surface area contributed by atoms with Gasteiger partial charge in [0.2, 0.25) is 0 Å². The van der Waals surface area contributed by atoms with E-state index in [-0.39, 0.29) is 0 Å². The molecule has 1 aliphatic carbocycles. The van der Waals surface area contributed by atoms with Crippen LogP contribution < -0.4 is 0 Å². The van der Waals surface area contributed by atoms with E-state index in [0.717, 1.165) is 38.8 Å². The van der Waals surface area contributed by atoms with Crippen LogP contribution in [0.3, 0.4) is 0 Å². The van der Waals surface area contributed by atoms with Gasteiger partial charge in [-0.1, -0.05) is 19.3 Å². The van der Waals surface area contributed by atoms with Gasteiger partial charge in [-0.15, -0.1) is 0 Å². The van der Waals surface area contributed by atoms with E-state index in [1.165, 1.54) is 6.42 Å². The van der Waals surface area contributed by atoms with E-state index < -0.39 is 5.60 Å². The fraction of sp³-hybridized carbons (Fsp3) is 0.923. The molecule has 4 heteroatoms. The normalized spacial score (nSPS) is 19.2. The number of methoxy groups -OCH3 is 1. The van der Waals surface area contributed by atoms with Crippen LogP contribution in [0.4, 0.5) is 0 Å². The Morgan fingerprint density at radius 3 is 2.59 bits per heavy atom. The van der Waals surface area contributed by atoms with Crippen LogP contribution in [0, 0.1) is 11.3 Å². The molecule has 0 aromatic heterocycles. The zero-order valence-electron chi connectivity index (χ0n) is 10.8. The highest BCUT2D eigenvalue weighted by Crippen LogP contribution is 2.28. The molecule has 0 spiro atoms. The summed E-state index contributed by atoms with van der Waals surface area (Å²) in [6, 6.07) is 2.16. The molecule has 17 heavy (non-hydrogen) atoms. The molecule has 1 rings (SSSR count). The van der Waals surface area contributed by atoms with Gasteiger partial charge in [0.25, 0.3) is 0 Å². The minimum absolute atomic E-state index is 0.514. The molecule has 1 fully saturated rings. The number of hydrogen-bond donors (Lipinski definition) is 1. The Bertz CT molecular complexity index is 244. The van der Waals surface area contributed by atoms with Crippen LogP contribution in [-0.2, 0) is 4.74 Å². The number of rotatable bonds is 7. The Morgan fingerprint density at radius 2 is 2.00 bits per heavy atom. The molecule has 0 bridgehead atoms. The summed E-state index contributed by atoms with van der Waals surface area (Å²) < 4.78 is 5.07. The topological polar surface area (TPSA) is 56.5 Å². The molecule has 0 aromatic carbocycles. The van der Waals surface area contributed by atoms with Crippen LogP contribution in [0.2, 0.25) is 0 Å². The first kappa shape index (κ1) is 14.4. The number of aliphatic hydroxyl groups is 1. The lowest BCUT2D eigenvalue weighted by Gasteiger charge is -2.36.